The Bertz CT molecular complexity index is 878. The fourth-order valence-electron chi connectivity index (χ4n) is 2.07. The van der Waals surface area contributed by atoms with E-state index < -0.39 is 10.0 Å². The molecule has 10 heteroatoms. The second-order valence-corrected chi connectivity index (χ2v) is 8.55. The molecule has 142 valence electrons. The van der Waals surface area contributed by atoms with Crippen LogP contribution < -0.4 is 10.0 Å². The van der Waals surface area contributed by atoms with Gasteiger partial charge in [-0.3, -0.25) is 4.72 Å². The van der Waals surface area contributed by atoms with E-state index in [1.165, 1.54) is 17.8 Å². The third-order valence-electron chi connectivity index (χ3n) is 3.29. The van der Waals surface area contributed by atoms with Crippen molar-refractivity contribution in [1.29, 1.82) is 0 Å². The van der Waals surface area contributed by atoms with Crippen LogP contribution in [-0.4, -0.2) is 42.4 Å². The Morgan fingerprint density at radius 1 is 1.31 bits per heavy atom. The molecule has 0 spiro atoms. The molecule has 1 atom stereocenters. The van der Waals surface area contributed by atoms with Crippen LogP contribution in [0.1, 0.15) is 18.1 Å². The molecule has 0 aliphatic rings. The van der Waals surface area contributed by atoms with Crippen molar-refractivity contribution in [2.24, 2.45) is 0 Å². The highest BCUT2D eigenvalue weighted by Gasteiger charge is 2.12. The van der Waals surface area contributed by atoms with Crippen LogP contribution in [0.4, 0.5) is 16.0 Å². The molecule has 0 fully saturated rings. The number of aliphatic hydroxyl groups excluding tert-OH is 1. The number of thioether (sulfide) groups is 1. The average Bonchev–Trinajstić information content (AvgIpc) is 2.54. The van der Waals surface area contributed by atoms with Crippen LogP contribution >= 0.6 is 11.8 Å². The molecule has 1 heterocycles. The van der Waals surface area contributed by atoms with Gasteiger partial charge in [0, 0.05) is 17.9 Å². The van der Waals surface area contributed by atoms with E-state index in [2.05, 4.69) is 20.0 Å². The molecule has 0 saturated heterocycles. The molecule has 0 amide bonds. The smallest absolute Gasteiger partial charge is 0.230 e. The fraction of sp³-hybridized carbons (Fsp3) is 0.375. The van der Waals surface area contributed by atoms with Gasteiger partial charge < -0.3 is 10.4 Å². The van der Waals surface area contributed by atoms with Gasteiger partial charge in [-0.2, -0.15) is 0 Å². The Morgan fingerprint density at radius 2 is 2.00 bits per heavy atom. The number of anilines is 2. The van der Waals surface area contributed by atoms with Crippen molar-refractivity contribution in [2.75, 3.05) is 22.9 Å². The highest BCUT2D eigenvalue weighted by atomic mass is 32.2. The molecule has 0 aliphatic carbocycles. The minimum absolute atomic E-state index is 0.0994. The van der Waals surface area contributed by atoms with E-state index in [0.717, 1.165) is 6.26 Å². The number of hydrogen-bond acceptors (Lipinski definition) is 7. The first-order valence-corrected chi connectivity index (χ1v) is 10.7. The van der Waals surface area contributed by atoms with Gasteiger partial charge in [0.2, 0.25) is 10.0 Å². The van der Waals surface area contributed by atoms with Crippen LogP contribution in [0.25, 0.3) is 0 Å². The zero-order valence-corrected chi connectivity index (χ0v) is 16.3. The lowest BCUT2D eigenvalue weighted by atomic mass is 10.1. The number of aryl methyl sites for hydroxylation is 1. The molecule has 7 nitrogen and oxygen atoms in total. The number of sulfonamides is 1. The first kappa shape index (κ1) is 20.4. The molecular weight excluding hydrogens is 379 g/mol. The first-order valence-electron chi connectivity index (χ1n) is 7.79. The van der Waals surface area contributed by atoms with Crippen molar-refractivity contribution in [3.05, 3.63) is 41.2 Å². The van der Waals surface area contributed by atoms with E-state index in [0.29, 0.717) is 22.7 Å². The van der Waals surface area contributed by atoms with E-state index in [1.807, 2.05) is 0 Å². The summed E-state index contributed by atoms with van der Waals surface area (Å²) < 4.78 is 39.4. The third kappa shape index (κ3) is 6.11. The number of halogens is 1. The average molecular weight is 401 g/mol. The van der Waals surface area contributed by atoms with E-state index in [4.69, 9.17) is 5.11 Å². The number of benzene rings is 1. The molecule has 26 heavy (non-hydrogen) atoms. The molecule has 0 saturated carbocycles. The normalized spacial score (nSPS) is 12.7. The van der Waals surface area contributed by atoms with Crippen LogP contribution in [0.15, 0.2) is 29.4 Å². The lowest BCUT2D eigenvalue weighted by Crippen LogP contribution is -2.21. The van der Waals surface area contributed by atoms with E-state index in [9.17, 15) is 12.8 Å². The molecule has 0 radical (unpaired) electrons. The summed E-state index contributed by atoms with van der Waals surface area (Å²) in [6, 6.07) is 6.30. The molecule has 1 aromatic heterocycles. The molecular formula is C16H21FN4O3S2. The van der Waals surface area contributed by atoms with Crippen molar-refractivity contribution in [3.63, 3.8) is 0 Å². The Balaban J connectivity index is 2.26. The van der Waals surface area contributed by atoms with Crippen molar-refractivity contribution in [2.45, 2.75) is 30.8 Å². The van der Waals surface area contributed by atoms with Gasteiger partial charge in [0.25, 0.3) is 0 Å². The van der Waals surface area contributed by atoms with Crippen LogP contribution in [-0.2, 0) is 15.8 Å². The minimum Gasteiger partial charge on any atom is -0.394 e. The number of aliphatic hydroxyl groups is 1. The minimum atomic E-state index is -3.51. The van der Waals surface area contributed by atoms with Crippen LogP contribution in [0.2, 0.25) is 0 Å². The predicted octanol–water partition coefficient (Wildman–Crippen LogP) is 2.38. The van der Waals surface area contributed by atoms with Gasteiger partial charge in [0.05, 0.1) is 12.9 Å². The number of nitrogens with zero attached hydrogens (tertiary/aromatic N) is 2. The molecule has 2 aromatic rings. The Morgan fingerprint density at radius 3 is 2.65 bits per heavy atom. The highest BCUT2D eigenvalue weighted by molar-refractivity contribution is 7.98. The van der Waals surface area contributed by atoms with E-state index >= 15 is 0 Å². The maximum atomic E-state index is 14.1. The standard InChI is InChI=1S/C16H21FN4O3S2/c1-10-5-4-6-12(15(10)17)9-25-16-19-13(18-11(2)8-22)7-14(20-16)21-26(3,23)24/h4-7,11,22H,8-9H2,1-3H3,(H2,18,19,20,21)/t11-/m1/s1. The van der Waals surface area contributed by atoms with Crippen molar-refractivity contribution in [1.82, 2.24) is 9.97 Å². The number of aromatic nitrogens is 2. The van der Waals surface area contributed by atoms with Gasteiger partial charge in [0.15, 0.2) is 5.16 Å². The van der Waals surface area contributed by atoms with Gasteiger partial charge in [-0.25, -0.2) is 22.8 Å². The lowest BCUT2D eigenvalue weighted by Gasteiger charge is -2.14. The SMILES string of the molecule is Cc1cccc(CSc2nc(N[C@H](C)CO)cc(NS(C)(=O)=O)n2)c1F. The van der Waals surface area contributed by atoms with Gasteiger partial charge in [-0.1, -0.05) is 30.0 Å². The van der Waals surface area contributed by atoms with Crippen molar-refractivity contribution < 1.29 is 17.9 Å². The van der Waals surface area contributed by atoms with Gasteiger partial charge in [-0.05, 0) is 25.0 Å². The highest BCUT2D eigenvalue weighted by Crippen LogP contribution is 2.25. The molecule has 2 rings (SSSR count). The molecule has 0 aliphatic heterocycles. The number of nitrogens with one attached hydrogen (secondary N) is 2. The summed E-state index contributed by atoms with van der Waals surface area (Å²) >= 11 is 1.19. The Labute approximate surface area is 156 Å². The summed E-state index contributed by atoms with van der Waals surface area (Å²) in [5.74, 6) is 0.477. The third-order valence-corrected chi connectivity index (χ3v) is 4.77. The van der Waals surface area contributed by atoms with Crippen molar-refractivity contribution >= 4 is 33.4 Å². The summed E-state index contributed by atoms with van der Waals surface area (Å²) in [4.78, 5) is 8.45. The number of hydrogen-bond donors (Lipinski definition) is 3. The van der Waals surface area contributed by atoms with E-state index in [1.54, 1.807) is 32.0 Å². The van der Waals surface area contributed by atoms with Crippen molar-refractivity contribution in [3.8, 4) is 0 Å². The zero-order valence-electron chi connectivity index (χ0n) is 14.7. The summed E-state index contributed by atoms with van der Waals surface area (Å²) in [6.07, 6.45) is 1.02. The largest absolute Gasteiger partial charge is 0.394 e. The summed E-state index contributed by atoms with van der Waals surface area (Å²) in [6.45, 7) is 3.32. The fourth-order valence-corrected chi connectivity index (χ4v) is 3.38. The Hall–Kier alpha value is -1.91. The maximum Gasteiger partial charge on any atom is 0.230 e. The maximum absolute atomic E-state index is 14.1. The lowest BCUT2D eigenvalue weighted by molar-refractivity contribution is 0.281. The molecule has 1 aromatic carbocycles. The Kier molecular flexibility index (Phi) is 6.79. The zero-order chi connectivity index (χ0) is 19.3. The molecule has 0 bridgehead atoms. The van der Waals surface area contributed by atoms with E-state index in [-0.39, 0.29) is 29.4 Å². The van der Waals surface area contributed by atoms with Gasteiger partial charge in [0.1, 0.15) is 17.5 Å². The van der Waals surface area contributed by atoms with Gasteiger partial charge in [-0.15, -0.1) is 0 Å². The molecule has 0 unspecified atom stereocenters. The summed E-state index contributed by atoms with van der Waals surface area (Å²) in [5.41, 5.74) is 1.06. The predicted molar refractivity (Wildman–Crippen MR) is 101 cm³/mol. The first-order chi connectivity index (χ1) is 12.2. The van der Waals surface area contributed by atoms with Crippen LogP contribution in [0.3, 0.4) is 0 Å². The van der Waals surface area contributed by atoms with Gasteiger partial charge >= 0.3 is 0 Å². The second kappa shape index (κ2) is 8.65. The topological polar surface area (TPSA) is 104 Å². The monoisotopic (exact) mass is 400 g/mol. The number of rotatable bonds is 8. The summed E-state index contributed by atoms with van der Waals surface area (Å²) in [5, 5.41) is 12.4. The summed E-state index contributed by atoms with van der Waals surface area (Å²) in [7, 11) is -3.51. The quantitative estimate of drug-likeness (QED) is 0.462. The van der Waals surface area contributed by atoms with Crippen LogP contribution in [0.5, 0.6) is 0 Å². The molecule has 3 N–H and O–H groups in total. The van der Waals surface area contributed by atoms with Crippen LogP contribution in [0, 0.1) is 12.7 Å². The second-order valence-electron chi connectivity index (χ2n) is 5.86.